The average molecular weight is 227 g/mol. The number of ketones is 2. The molecule has 84 valence electrons. The van der Waals surface area contributed by atoms with E-state index in [9.17, 15) is 9.59 Å². The largest absolute Gasteiger partial charge is 0.299 e. The quantitative estimate of drug-likeness (QED) is 0.687. The van der Waals surface area contributed by atoms with Gasteiger partial charge in [0.15, 0.2) is 5.78 Å². The molecule has 0 fully saturated rings. The molecule has 17 heavy (non-hydrogen) atoms. The van der Waals surface area contributed by atoms with Gasteiger partial charge in [-0.15, -0.1) is 15.0 Å². The Kier molecular flexibility index (Phi) is 2.11. The minimum Gasteiger partial charge on any atom is -0.299 e. The van der Waals surface area contributed by atoms with Crippen molar-refractivity contribution in [1.29, 1.82) is 0 Å². The molecule has 5 heteroatoms. The van der Waals surface area contributed by atoms with Crippen molar-refractivity contribution in [1.82, 2.24) is 15.0 Å². The zero-order valence-electron chi connectivity index (χ0n) is 8.96. The molecule has 2 aromatic rings. The summed E-state index contributed by atoms with van der Waals surface area (Å²) in [4.78, 5) is 24.1. The first-order valence-corrected chi connectivity index (χ1v) is 5.31. The lowest BCUT2D eigenvalue weighted by molar-refractivity contribution is -0.124. The van der Waals surface area contributed by atoms with Gasteiger partial charge in [0, 0.05) is 6.42 Å². The molecule has 0 aliphatic heterocycles. The molecule has 0 saturated heterocycles. The number of hydrogen-bond acceptors (Lipinski definition) is 4. The van der Waals surface area contributed by atoms with Crippen LogP contribution in [0.4, 0.5) is 0 Å². The molecule has 0 atom stereocenters. The van der Waals surface area contributed by atoms with Gasteiger partial charge in [-0.3, -0.25) is 9.59 Å². The summed E-state index contributed by atoms with van der Waals surface area (Å²) in [5, 5.41) is 8.43. The number of benzene rings is 1. The van der Waals surface area contributed by atoms with E-state index in [2.05, 4.69) is 10.2 Å². The maximum absolute atomic E-state index is 11.7. The van der Waals surface area contributed by atoms with Crippen LogP contribution in [0.3, 0.4) is 0 Å². The summed E-state index contributed by atoms with van der Waals surface area (Å²) >= 11 is 0. The minimum absolute atomic E-state index is 0.0519. The van der Waals surface area contributed by atoms with Crippen LogP contribution in [0.2, 0.25) is 0 Å². The van der Waals surface area contributed by atoms with Crippen LogP contribution in [0.5, 0.6) is 0 Å². The van der Waals surface area contributed by atoms with Crippen LogP contribution in [0.15, 0.2) is 30.3 Å². The van der Waals surface area contributed by atoms with Gasteiger partial charge in [0.25, 0.3) is 0 Å². The molecule has 0 saturated carbocycles. The van der Waals surface area contributed by atoms with Gasteiger partial charge < -0.3 is 0 Å². The third-order valence-electron chi connectivity index (χ3n) is 2.67. The predicted octanol–water partition coefficient (Wildman–Crippen LogP) is 1.20. The summed E-state index contributed by atoms with van der Waals surface area (Å²) in [5.41, 5.74) is 1.86. The highest BCUT2D eigenvalue weighted by molar-refractivity contribution is 6.23. The molecule has 0 N–H and O–H groups in total. The SMILES string of the molecule is O=C1CC=C(n2nc3ccccc3n2)C(=O)C1. The van der Waals surface area contributed by atoms with Crippen molar-refractivity contribution in [3.63, 3.8) is 0 Å². The van der Waals surface area contributed by atoms with Gasteiger partial charge >= 0.3 is 0 Å². The van der Waals surface area contributed by atoms with Crippen LogP contribution in [-0.2, 0) is 9.59 Å². The van der Waals surface area contributed by atoms with E-state index in [1.54, 1.807) is 6.08 Å². The Bertz CT molecular complexity index is 622. The summed E-state index contributed by atoms with van der Waals surface area (Å²) in [6.07, 6.45) is 1.82. The molecule has 3 rings (SSSR count). The van der Waals surface area contributed by atoms with Gasteiger partial charge in [-0.1, -0.05) is 12.1 Å². The Morgan fingerprint density at radius 3 is 2.29 bits per heavy atom. The Balaban J connectivity index is 2.09. The standard InChI is InChI=1S/C12H9N3O2/c16-8-5-6-11(12(17)7-8)15-13-9-3-1-2-4-10(9)14-15/h1-4,6H,5,7H2. The third-order valence-corrected chi connectivity index (χ3v) is 2.67. The molecule has 1 aliphatic carbocycles. The third kappa shape index (κ3) is 1.65. The molecule has 0 radical (unpaired) electrons. The fraction of sp³-hybridized carbons (Fsp3) is 0.167. The van der Waals surface area contributed by atoms with Crippen molar-refractivity contribution in [2.75, 3.05) is 0 Å². The Morgan fingerprint density at radius 2 is 1.71 bits per heavy atom. The van der Waals surface area contributed by atoms with E-state index in [0.29, 0.717) is 5.70 Å². The van der Waals surface area contributed by atoms with E-state index < -0.39 is 0 Å². The van der Waals surface area contributed by atoms with E-state index in [4.69, 9.17) is 0 Å². The Morgan fingerprint density at radius 1 is 1.06 bits per heavy atom. The van der Waals surface area contributed by atoms with Crippen LogP contribution in [-0.4, -0.2) is 26.6 Å². The maximum atomic E-state index is 11.7. The van der Waals surface area contributed by atoms with Crippen molar-refractivity contribution >= 4 is 28.3 Å². The molecule has 1 aromatic heterocycles. The summed E-state index contributed by atoms with van der Waals surface area (Å²) in [5.74, 6) is -0.281. The van der Waals surface area contributed by atoms with Gasteiger partial charge in [-0.05, 0) is 18.2 Å². The van der Waals surface area contributed by atoms with Crippen LogP contribution >= 0.6 is 0 Å². The second-order valence-electron chi connectivity index (χ2n) is 3.91. The van der Waals surface area contributed by atoms with E-state index in [1.807, 2.05) is 24.3 Å². The number of carbonyl (C=O) groups excluding carboxylic acids is 2. The number of fused-ring (bicyclic) bond motifs is 1. The average Bonchev–Trinajstić information content (AvgIpc) is 2.72. The number of aromatic nitrogens is 3. The number of allylic oxidation sites excluding steroid dienone is 2. The lowest BCUT2D eigenvalue weighted by Gasteiger charge is -2.08. The second kappa shape index (κ2) is 3.62. The highest BCUT2D eigenvalue weighted by atomic mass is 16.2. The van der Waals surface area contributed by atoms with Crippen LogP contribution < -0.4 is 0 Å². The Labute approximate surface area is 96.7 Å². The van der Waals surface area contributed by atoms with Crippen LogP contribution in [0, 0.1) is 0 Å². The predicted molar refractivity (Wildman–Crippen MR) is 61.0 cm³/mol. The highest BCUT2D eigenvalue weighted by Gasteiger charge is 2.22. The first-order valence-electron chi connectivity index (χ1n) is 5.31. The van der Waals surface area contributed by atoms with Crippen molar-refractivity contribution < 1.29 is 9.59 Å². The van der Waals surface area contributed by atoms with E-state index in [0.717, 1.165) is 11.0 Å². The first kappa shape index (κ1) is 9.89. The normalized spacial score (nSPS) is 16.4. The van der Waals surface area contributed by atoms with Gasteiger partial charge in [0.2, 0.25) is 0 Å². The second-order valence-corrected chi connectivity index (χ2v) is 3.91. The Hall–Kier alpha value is -2.30. The smallest absolute Gasteiger partial charge is 0.190 e. The van der Waals surface area contributed by atoms with Crippen LogP contribution in [0.1, 0.15) is 12.8 Å². The number of hydrogen-bond donors (Lipinski definition) is 0. The molecule has 1 aromatic carbocycles. The van der Waals surface area contributed by atoms with Crippen molar-refractivity contribution in [3.05, 3.63) is 30.3 Å². The molecule has 0 bridgehead atoms. The summed E-state index contributed by atoms with van der Waals surface area (Å²) < 4.78 is 0. The van der Waals surface area contributed by atoms with Gasteiger partial charge in [-0.25, -0.2) is 0 Å². The van der Waals surface area contributed by atoms with Gasteiger partial charge in [0.1, 0.15) is 22.5 Å². The zero-order chi connectivity index (χ0) is 11.8. The van der Waals surface area contributed by atoms with E-state index in [1.165, 1.54) is 4.80 Å². The summed E-state index contributed by atoms with van der Waals surface area (Å²) in [6.45, 7) is 0. The number of nitrogens with zero attached hydrogens (tertiary/aromatic N) is 3. The van der Waals surface area contributed by atoms with E-state index >= 15 is 0 Å². The van der Waals surface area contributed by atoms with Crippen molar-refractivity contribution in [3.8, 4) is 0 Å². The van der Waals surface area contributed by atoms with E-state index in [-0.39, 0.29) is 24.4 Å². The molecular formula is C12H9N3O2. The minimum atomic E-state index is -0.221. The number of carbonyl (C=O) groups is 2. The molecule has 0 unspecified atom stereocenters. The number of Topliss-reactive ketones (excluding diaryl/α,β-unsaturated/α-hetero) is 2. The lowest BCUT2D eigenvalue weighted by Crippen LogP contribution is -2.19. The molecule has 0 spiro atoms. The lowest BCUT2D eigenvalue weighted by atomic mass is 10.0. The molecule has 1 aliphatic rings. The maximum Gasteiger partial charge on any atom is 0.190 e. The molecule has 5 nitrogen and oxygen atoms in total. The summed E-state index contributed by atoms with van der Waals surface area (Å²) in [7, 11) is 0. The monoisotopic (exact) mass is 227 g/mol. The van der Waals surface area contributed by atoms with Gasteiger partial charge in [-0.2, -0.15) is 0 Å². The molecule has 0 amide bonds. The van der Waals surface area contributed by atoms with Crippen LogP contribution in [0.25, 0.3) is 16.7 Å². The van der Waals surface area contributed by atoms with Gasteiger partial charge in [0.05, 0.1) is 6.42 Å². The molecular weight excluding hydrogens is 218 g/mol. The first-order chi connectivity index (χ1) is 8.24. The van der Waals surface area contributed by atoms with Crippen molar-refractivity contribution in [2.24, 2.45) is 0 Å². The fourth-order valence-electron chi connectivity index (χ4n) is 1.83. The topological polar surface area (TPSA) is 64.8 Å². The fourth-order valence-corrected chi connectivity index (χ4v) is 1.83. The number of rotatable bonds is 1. The molecule has 1 heterocycles. The summed E-state index contributed by atoms with van der Waals surface area (Å²) in [6, 6.07) is 7.39. The zero-order valence-corrected chi connectivity index (χ0v) is 8.96. The van der Waals surface area contributed by atoms with Crippen molar-refractivity contribution in [2.45, 2.75) is 12.8 Å². The highest BCUT2D eigenvalue weighted by Crippen LogP contribution is 2.17.